The third kappa shape index (κ3) is 2.33. The number of nitrogens with zero attached hydrogens (tertiary/aromatic N) is 2. The molecule has 0 spiro atoms. The molecule has 1 aromatic carbocycles. The maximum Gasteiger partial charge on any atom is 0.413 e. The highest BCUT2D eigenvalue weighted by molar-refractivity contribution is 9.10. The molecule has 23 heavy (non-hydrogen) atoms. The maximum atomic E-state index is 14.4. The van der Waals surface area contributed by atoms with Crippen molar-refractivity contribution in [2.45, 2.75) is 0 Å². The Morgan fingerprint density at radius 3 is 2.78 bits per heavy atom. The van der Waals surface area contributed by atoms with Crippen LogP contribution in [-0.4, -0.2) is 30.2 Å². The number of halogens is 4. The number of methoxy groups -OCH3 is 1. The van der Waals surface area contributed by atoms with E-state index < -0.39 is 17.7 Å². The molecule has 0 bridgehead atoms. The van der Waals surface area contributed by atoms with Crippen LogP contribution in [0.25, 0.3) is 21.9 Å². The molecule has 9 heteroatoms. The molecule has 0 atom stereocenters. The van der Waals surface area contributed by atoms with Crippen molar-refractivity contribution < 1.29 is 18.3 Å². The van der Waals surface area contributed by atoms with Gasteiger partial charge in [0.05, 0.1) is 33.2 Å². The highest BCUT2D eigenvalue weighted by Crippen LogP contribution is 2.40. The van der Waals surface area contributed by atoms with E-state index in [4.69, 9.17) is 11.6 Å². The van der Waals surface area contributed by atoms with Gasteiger partial charge in [0.15, 0.2) is 11.6 Å². The lowest BCUT2D eigenvalue weighted by atomic mass is 10.1. The Labute approximate surface area is 142 Å². The first kappa shape index (κ1) is 15.9. The summed E-state index contributed by atoms with van der Waals surface area (Å²) in [5.41, 5.74) is 0.576. The summed E-state index contributed by atoms with van der Waals surface area (Å²) in [4.78, 5) is 19.7. The number of hydrogen-bond donors (Lipinski definition) is 1. The van der Waals surface area contributed by atoms with Gasteiger partial charge >= 0.3 is 6.09 Å². The number of carbonyl (C=O) groups is 1. The van der Waals surface area contributed by atoms with Crippen molar-refractivity contribution in [3.8, 4) is 0 Å². The fourth-order valence-corrected chi connectivity index (χ4v) is 2.91. The lowest BCUT2D eigenvalue weighted by Gasteiger charge is -2.16. The molecule has 0 aliphatic carbocycles. The number of rotatable bonds is 1. The Balaban J connectivity index is 2.48. The predicted molar refractivity (Wildman–Crippen MR) is 87.0 cm³/mol. The van der Waals surface area contributed by atoms with Crippen molar-refractivity contribution in [2.24, 2.45) is 0 Å². The van der Waals surface area contributed by atoms with Gasteiger partial charge in [0.25, 0.3) is 0 Å². The molecule has 0 aliphatic heterocycles. The van der Waals surface area contributed by atoms with Gasteiger partial charge in [-0.2, -0.15) is 0 Å². The van der Waals surface area contributed by atoms with Crippen molar-refractivity contribution in [3.63, 3.8) is 0 Å². The van der Waals surface area contributed by atoms with Crippen LogP contribution < -0.4 is 4.90 Å². The minimum absolute atomic E-state index is 0.0791. The molecule has 0 aliphatic rings. The number of aromatic nitrogens is 2. The van der Waals surface area contributed by atoms with Crippen LogP contribution in [0.5, 0.6) is 0 Å². The number of aromatic amines is 1. The van der Waals surface area contributed by atoms with Gasteiger partial charge in [0, 0.05) is 24.7 Å². The Bertz CT molecular complexity index is 960. The van der Waals surface area contributed by atoms with Crippen LogP contribution in [0.15, 0.2) is 16.7 Å². The van der Waals surface area contributed by atoms with Crippen LogP contribution in [-0.2, 0) is 4.74 Å². The van der Waals surface area contributed by atoms with Crippen LogP contribution >= 0.6 is 27.5 Å². The molecule has 2 aromatic heterocycles. The second-order valence-corrected chi connectivity index (χ2v) is 5.97. The van der Waals surface area contributed by atoms with Crippen molar-refractivity contribution >= 4 is 61.2 Å². The van der Waals surface area contributed by atoms with Gasteiger partial charge in [-0.25, -0.2) is 18.6 Å². The second-order valence-electron chi connectivity index (χ2n) is 4.74. The molecule has 0 unspecified atom stereocenters. The fraction of sp³-hybridized carbons (Fsp3) is 0.143. The quantitative estimate of drug-likeness (QED) is 0.644. The van der Waals surface area contributed by atoms with Crippen molar-refractivity contribution in [1.29, 1.82) is 0 Å². The lowest BCUT2D eigenvalue weighted by Crippen LogP contribution is -2.26. The minimum Gasteiger partial charge on any atom is -0.452 e. The van der Waals surface area contributed by atoms with Gasteiger partial charge in [-0.3, -0.25) is 4.90 Å². The fourth-order valence-electron chi connectivity index (χ4n) is 2.38. The number of ether oxygens (including phenoxy) is 1. The minimum atomic E-state index is -1.11. The largest absolute Gasteiger partial charge is 0.452 e. The molecular weight excluding hydrogens is 396 g/mol. The summed E-state index contributed by atoms with van der Waals surface area (Å²) in [5.74, 6) is -2.18. The van der Waals surface area contributed by atoms with Crippen molar-refractivity contribution in [2.75, 3.05) is 19.1 Å². The maximum absolute atomic E-state index is 14.4. The van der Waals surface area contributed by atoms with Gasteiger partial charge in [-0.05, 0) is 15.9 Å². The Kier molecular flexibility index (Phi) is 3.89. The van der Waals surface area contributed by atoms with E-state index in [0.717, 1.165) is 11.0 Å². The molecule has 0 radical (unpaired) electrons. The van der Waals surface area contributed by atoms with Crippen LogP contribution in [0.1, 0.15) is 0 Å². The summed E-state index contributed by atoms with van der Waals surface area (Å²) in [6.45, 7) is 0. The number of nitrogens with one attached hydrogen (secondary N) is 1. The number of H-pyrrole nitrogens is 1. The van der Waals surface area contributed by atoms with Gasteiger partial charge in [0.1, 0.15) is 5.65 Å². The number of carbonyl (C=O) groups excluding carboxylic acids is 1. The van der Waals surface area contributed by atoms with Gasteiger partial charge < -0.3 is 9.72 Å². The normalized spacial score (nSPS) is 11.2. The molecule has 3 aromatic rings. The zero-order valence-corrected chi connectivity index (χ0v) is 14.2. The highest BCUT2D eigenvalue weighted by atomic mass is 79.9. The first-order valence-corrected chi connectivity index (χ1v) is 7.49. The molecule has 0 saturated carbocycles. The van der Waals surface area contributed by atoms with Crippen LogP contribution in [0.3, 0.4) is 0 Å². The molecule has 5 nitrogen and oxygen atoms in total. The molecule has 2 heterocycles. The monoisotopic (exact) mass is 403 g/mol. The zero-order valence-electron chi connectivity index (χ0n) is 11.9. The number of fused-ring (bicyclic) bond motifs is 3. The number of anilines is 1. The second kappa shape index (κ2) is 5.61. The van der Waals surface area contributed by atoms with Gasteiger partial charge in [0.2, 0.25) is 0 Å². The Morgan fingerprint density at radius 2 is 2.13 bits per heavy atom. The molecule has 3 rings (SSSR count). The number of benzene rings is 1. The van der Waals surface area contributed by atoms with Crippen LogP contribution in [0.2, 0.25) is 5.02 Å². The van der Waals surface area contributed by atoms with E-state index in [2.05, 4.69) is 30.6 Å². The third-order valence-electron chi connectivity index (χ3n) is 3.47. The molecule has 0 fully saturated rings. The molecule has 0 saturated heterocycles. The summed E-state index contributed by atoms with van der Waals surface area (Å²) in [6, 6.07) is 0.910. The van der Waals surface area contributed by atoms with E-state index in [9.17, 15) is 13.6 Å². The molecular formula is C14H9BrClF2N3O2. The average Bonchev–Trinajstić information content (AvgIpc) is 2.93. The lowest BCUT2D eigenvalue weighted by molar-refractivity contribution is 0.180. The Morgan fingerprint density at radius 1 is 1.43 bits per heavy atom. The standard InChI is InChI=1S/C14H9BrClF2N3O2/c1-21(14(22)23-2)7-3-6(17)11(18)9-8-10(16)5(15)4-19-13(8)20-12(7)9/h3-4H,1-2H3,(H,19,20). The smallest absolute Gasteiger partial charge is 0.413 e. The molecule has 1 N–H and O–H groups in total. The average molecular weight is 405 g/mol. The summed E-state index contributed by atoms with van der Waals surface area (Å²) < 4.78 is 33.5. The van der Waals surface area contributed by atoms with E-state index in [-0.39, 0.29) is 32.6 Å². The number of pyridine rings is 1. The summed E-state index contributed by atoms with van der Waals surface area (Å²) >= 11 is 9.39. The summed E-state index contributed by atoms with van der Waals surface area (Å²) in [6.07, 6.45) is 0.717. The molecule has 1 amide bonds. The van der Waals surface area contributed by atoms with E-state index in [1.165, 1.54) is 20.4 Å². The van der Waals surface area contributed by atoms with E-state index >= 15 is 0 Å². The number of hydrogen-bond acceptors (Lipinski definition) is 3. The molecule has 120 valence electrons. The number of amides is 1. The van der Waals surface area contributed by atoms with Crippen LogP contribution in [0, 0.1) is 11.6 Å². The first-order chi connectivity index (χ1) is 10.9. The van der Waals surface area contributed by atoms with Gasteiger partial charge in [-0.15, -0.1) is 0 Å². The van der Waals surface area contributed by atoms with E-state index in [0.29, 0.717) is 4.47 Å². The van der Waals surface area contributed by atoms with Crippen molar-refractivity contribution in [3.05, 3.63) is 33.4 Å². The van der Waals surface area contributed by atoms with Gasteiger partial charge in [-0.1, -0.05) is 11.6 Å². The zero-order chi connectivity index (χ0) is 16.9. The Hall–Kier alpha value is -1.93. The van der Waals surface area contributed by atoms with Crippen molar-refractivity contribution in [1.82, 2.24) is 9.97 Å². The van der Waals surface area contributed by atoms with E-state index in [1.807, 2.05) is 0 Å². The summed E-state index contributed by atoms with van der Waals surface area (Å²) in [5, 5.41) is 0.342. The van der Waals surface area contributed by atoms with Crippen LogP contribution in [0.4, 0.5) is 19.3 Å². The topological polar surface area (TPSA) is 58.2 Å². The predicted octanol–water partition coefficient (Wildman–Crippen LogP) is 4.61. The van der Waals surface area contributed by atoms with E-state index in [1.54, 1.807) is 0 Å². The third-order valence-corrected chi connectivity index (χ3v) is 4.70. The first-order valence-electron chi connectivity index (χ1n) is 6.31. The SMILES string of the molecule is COC(=O)N(C)c1cc(F)c(F)c2c1[nH]c1ncc(Br)c(Cl)c12. The summed E-state index contributed by atoms with van der Waals surface area (Å²) in [7, 11) is 2.57. The highest BCUT2D eigenvalue weighted by Gasteiger charge is 2.24.